The second kappa shape index (κ2) is 3.58. The Hall–Kier alpha value is -1.34. The quantitative estimate of drug-likeness (QED) is 0.728. The van der Waals surface area contributed by atoms with E-state index in [1.807, 2.05) is 6.07 Å². The van der Waals surface area contributed by atoms with E-state index in [1.165, 1.54) is 0 Å². The summed E-state index contributed by atoms with van der Waals surface area (Å²) in [7, 11) is 0. The summed E-state index contributed by atoms with van der Waals surface area (Å²) in [6.07, 6.45) is 3.56. The van der Waals surface area contributed by atoms with Gasteiger partial charge in [-0.1, -0.05) is 0 Å². The first kappa shape index (κ1) is 8.27. The zero-order valence-corrected chi connectivity index (χ0v) is 7.29. The van der Waals surface area contributed by atoms with Crippen molar-refractivity contribution >= 4 is 0 Å². The van der Waals surface area contributed by atoms with Crippen LogP contribution in [0.4, 0.5) is 0 Å². The van der Waals surface area contributed by atoms with Gasteiger partial charge in [0.05, 0.1) is 6.20 Å². The van der Waals surface area contributed by atoms with Crippen molar-refractivity contribution in [3.63, 3.8) is 0 Å². The average molecular weight is 177 g/mol. The number of H-pyrrole nitrogens is 1. The fourth-order valence-electron chi connectivity index (χ4n) is 1.54. The molecule has 1 atom stereocenters. The molecular weight excluding hydrogens is 166 g/mol. The number of hydrogen-bond acceptors (Lipinski definition) is 3. The molecular formula is C9H11N3O. The molecule has 1 aromatic heterocycles. The zero-order valence-electron chi connectivity index (χ0n) is 7.29. The van der Waals surface area contributed by atoms with Crippen LogP contribution in [0.3, 0.4) is 0 Å². The Balaban J connectivity index is 1.97. The molecule has 2 rings (SSSR count). The zero-order chi connectivity index (χ0) is 9.10. The topological polar surface area (TPSA) is 61.7 Å². The molecule has 1 aliphatic rings. The van der Waals surface area contributed by atoms with Crippen LogP contribution in [0, 0.1) is 17.2 Å². The molecule has 1 N–H and O–H groups in total. The molecule has 1 aromatic rings. The van der Waals surface area contributed by atoms with Crippen molar-refractivity contribution in [3.05, 3.63) is 17.7 Å². The molecule has 1 fully saturated rings. The first-order chi connectivity index (χ1) is 6.38. The Labute approximate surface area is 76.6 Å². The van der Waals surface area contributed by atoms with Crippen LogP contribution in [0.5, 0.6) is 0 Å². The molecule has 0 spiro atoms. The fraction of sp³-hybridized carbons (Fsp3) is 0.556. The van der Waals surface area contributed by atoms with Gasteiger partial charge in [0, 0.05) is 19.6 Å². The predicted octanol–water partition coefficient (Wildman–Crippen LogP) is 0.860. The number of nitriles is 1. The third kappa shape index (κ3) is 1.87. The Morgan fingerprint density at radius 2 is 2.69 bits per heavy atom. The molecule has 1 unspecified atom stereocenters. The van der Waals surface area contributed by atoms with Crippen LogP contribution in [0.2, 0.25) is 0 Å². The predicted molar refractivity (Wildman–Crippen MR) is 45.9 cm³/mol. The number of nitrogens with zero attached hydrogens (tertiary/aromatic N) is 2. The molecule has 4 heteroatoms. The Bertz CT molecular complexity index is 320. The second-order valence-corrected chi connectivity index (χ2v) is 3.29. The van der Waals surface area contributed by atoms with E-state index in [4.69, 9.17) is 10.00 Å². The highest BCUT2D eigenvalue weighted by Gasteiger charge is 2.17. The van der Waals surface area contributed by atoms with Crippen LogP contribution >= 0.6 is 0 Å². The van der Waals surface area contributed by atoms with Gasteiger partial charge in [0.1, 0.15) is 17.6 Å². The van der Waals surface area contributed by atoms with Gasteiger partial charge in [0.15, 0.2) is 0 Å². The maximum absolute atomic E-state index is 8.57. The van der Waals surface area contributed by atoms with E-state index in [2.05, 4.69) is 9.97 Å². The number of aromatic amines is 1. The summed E-state index contributed by atoms with van der Waals surface area (Å²) in [6.45, 7) is 1.68. The number of nitrogens with one attached hydrogen (secondary N) is 1. The van der Waals surface area contributed by atoms with E-state index in [0.717, 1.165) is 31.9 Å². The Morgan fingerprint density at radius 3 is 3.31 bits per heavy atom. The molecule has 0 aromatic carbocycles. The van der Waals surface area contributed by atoms with Crippen molar-refractivity contribution in [2.45, 2.75) is 12.8 Å². The summed E-state index contributed by atoms with van der Waals surface area (Å²) >= 11 is 0. The molecule has 0 amide bonds. The summed E-state index contributed by atoms with van der Waals surface area (Å²) in [5.41, 5.74) is 0.536. The molecule has 2 heterocycles. The standard InChI is InChI=1S/C9H11N3O/c10-4-8-5-11-9(12-8)3-7-1-2-13-6-7/h5,7H,1-3,6H2,(H,11,12). The van der Waals surface area contributed by atoms with Gasteiger partial charge in [-0.15, -0.1) is 0 Å². The highest BCUT2D eigenvalue weighted by molar-refractivity contribution is 5.17. The molecule has 0 bridgehead atoms. The molecule has 13 heavy (non-hydrogen) atoms. The number of aromatic nitrogens is 2. The normalized spacial score (nSPS) is 21.6. The van der Waals surface area contributed by atoms with Crippen LogP contribution in [-0.4, -0.2) is 23.2 Å². The van der Waals surface area contributed by atoms with Gasteiger partial charge in [0.25, 0.3) is 0 Å². The lowest BCUT2D eigenvalue weighted by molar-refractivity contribution is 0.185. The van der Waals surface area contributed by atoms with E-state index in [0.29, 0.717) is 11.6 Å². The van der Waals surface area contributed by atoms with Crippen LogP contribution in [-0.2, 0) is 11.2 Å². The maximum Gasteiger partial charge on any atom is 0.137 e. The molecule has 4 nitrogen and oxygen atoms in total. The summed E-state index contributed by atoms with van der Waals surface area (Å²) in [4.78, 5) is 7.08. The summed E-state index contributed by atoms with van der Waals surface area (Å²) in [6, 6.07) is 2.02. The molecule has 1 saturated heterocycles. The van der Waals surface area contributed by atoms with Gasteiger partial charge in [-0.25, -0.2) is 4.98 Å². The smallest absolute Gasteiger partial charge is 0.137 e. The van der Waals surface area contributed by atoms with Gasteiger partial charge in [0.2, 0.25) is 0 Å². The highest BCUT2D eigenvalue weighted by Crippen LogP contribution is 2.16. The van der Waals surface area contributed by atoms with E-state index < -0.39 is 0 Å². The number of rotatable bonds is 2. The largest absolute Gasteiger partial charge is 0.381 e. The average Bonchev–Trinajstić information content (AvgIpc) is 2.76. The first-order valence-corrected chi connectivity index (χ1v) is 4.40. The highest BCUT2D eigenvalue weighted by atomic mass is 16.5. The number of imidazole rings is 1. The van der Waals surface area contributed by atoms with Crippen LogP contribution < -0.4 is 0 Å². The molecule has 68 valence electrons. The number of ether oxygens (including phenoxy) is 1. The maximum atomic E-state index is 8.57. The van der Waals surface area contributed by atoms with Crippen molar-refractivity contribution in [3.8, 4) is 6.07 Å². The molecule has 1 aliphatic heterocycles. The van der Waals surface area contributed by atoms with Crippen molar-refractivity contribution in [2.24, 2.45) is 5.92 Å². The van der Waals surface area contributed by atoms with Gasteiger partial charge in [-0.05, 0) is 12.3 Å². The van der Waals surface area contributed by atoms with E-state index >= 15 is 0 Å². The van der Waals surface area contributed by atoms with Crippen molar-refractivity contribution < 1.29 is 4.74 Å². The minimum absolute atomic E-state index is 0.536. The fourth-order valence-corrected chi connectivity index (χ4v) is 1.54. The molecule has 0 radical (unpaired) electrons. The molecule has 0 saturated carbocycles. The van der Waals surface area contributed by atoms with Gasteiger partial charge in [-0.3, -0.25) is 0 Å². The van der Waals surface area contributed by atoms with Crippen LogP contribution in [0.1, 0.15) is 17.9 Å². The van der Waals surface area contributed by atoms with Crippen LogP contribution in [0.25, 0.3) is 0 Å². The van der Waals surface area contributed by atoms with Gasteiger partial charge in [-0.2, -0.15) is 5.26 Å². The van der Waals surface area contributed by atoms with Gasteiger partial charge < -0.3 is 9.72 Å². The Kier molecular flexibility index (Phi) is 2.28. The minimum atomic E-state index is 0.536. The SMILES string of the molecule is N#Cc1cnc(CC2CCOC2)[nH]1. The summed E-state index contributed by atoms with van der Waals surface area (Å²) in [5, 5.41) is 8.57. The van der Waals surface area contributed by atoms with E-state index in [9.17, 15) is 0 Å². The van der Waals surface area contributed by atoms with Crippen LogP contribution in [0.15, 0.2) is 6.20 Å². The number of hydrogen-bond donors (Lipinski definition) is 1. The van der Waals surface area contributed by atoms with Crippen molar-refractivity contribution in [1.82, 2.24) is 9.97 Å². The van der Waals surface area contributed by atoms with Crippen molar-refractivity contribution in [1.29, 1.82) is 5.26 Å². The third-order valence-corrected chi connectivity index (χ3v) is 2.25. The monoisotopic (exact) mass is 177 g/mol. The Morgan fingerprint density at radius 1 is 1.77 bits per heavy atom. The lowest BCUT2D eigenvalue weighted by atomic mass is 10.1. The minimum Gasteiger partial charge on any atom is -0.381 e. The third-order valence-electron chi connectivity index (χ3n) is 2.25. The lowest BCUT2D eigenvalue weighted by Crippen LogP contribution is -2.04. The van der Waals surface area contributed by atoms with Gasteiger partial charge >= 0.3 is 0 Å². The second-order valence-electron chi connectivity index (χ2n) is 3.29. The lowest BCUT2D eigenvalue weighted by Gasteiger charge is -2.02. The summed E-state index contributed by atoms with van der Waals surface area (Å²) < 4.78 is 5.26. The van der Waals surface area contributed by atoms with E-state index in [1.54, 1.807) is 6.20 Å². The first-order valence-electron chi connectivity index (χ1n) is 4.40. The summed E-state index contributed by atoms with van der Waals surface area (Å²) in [5.74, 6) is 1.46. The van der Waals surface area contributed by atoms with Crippen molar-refractivity contribution in [2.75, 3.05) is 13.2 Å². The molecule has 0 aliphatic carbocycles. The van der Waals surface area contributed by atoms with E-state index in [-0.39, 0.29) is 0 Å².